The number of rotatable bonds is 7. The van der Waals surface area contributed by atoms with E-state index in [0.717, 1.165) is 10.5 Å². The van der Waals surface area contributed by atoms with Gasteiger partial charge in [-0.3, -0.25) is 14.9 Å². The van der Waals surface area contributed by atoms with Gasteiger partial charge in [-0.2, -0.15) is 0 Å². The lowest BCUT2D eigenvalue weighted by atomic mass is 10.3. The molecule has 1 N–H and O–H groups in total. The first-order valence-electron chi connectivity index (χ1n) is 7.17. The molecule has 0 saturated heterocycles. The number of thioether (sulfide) groups is 1. The second kappa shape index (κ2) is 8.30. The number of ether oxygens (including phenoxy) is 1. The molecule has 0 aliphatic heterocycles. The third kappa shape index (κ3) is 4.95. The zero-order valence-electron chi connectivity index (χ0n) is 13.3. The van der Waals surface area contributed by atoms with Gasteiger partial charge in [0.2, 0.25) is 11.8 Å². The van der Waals surface area contributed by atoms with Crippen LogP contribution >= 0.6 is 11.8 Å². The fourth-order valence-corrected chi connectivity index (χ4v) is 2.77. The van der Waals surface area contributed by atoms with E-state index in [2.05, 4.69) is 10.3 Å². The fraction of sp³-hybridized carbons (Fsp3) is 0.250. The molecule has 1 aromatic heterocycles. The summed E-state index contributed by atoms with van der Waals surface area (Å²) in [6.07, 6.45) is 1.65. The molecule has 1 amide bonds. The van der Waals surface area contributed by atoms with Gasteiger partial charge in [0.15, 0.2) is 0 Å². The number of non-ortho nitro benzene ring substituents is 1. The number of hydrogen-bond acceptors (Lipinski definition) is 6. The van der Waals surface area contributed by atoms with E-state index in [9.17, 15) is 14.9 Å². The average Bonchev–Trinajstić information content (AvgIpc) is 2.60. The fourth-order valence-electron chi connectivity index (χ4n) is 1.87. The first-order chi connectivity index (χ1) is 11.5. The van der Waals surface area contributed by atoms with Crippen LogP contribution in [0.15, 0.2) is 47.5 Å². The number of amides is 1. The molecule has 0 radical (unpaired) electrons. The lowest BCUT2D eigenvalue weighted by molar-refractivity contribution is -0.384. The quantitative estimate of drug-likeness (QED) is 0.470. The Morgan fingerprint density at radius 1 is 1.33 bits per heavy atom. The molecule has 8 heteroatoms. The summed E-state index contributed by atoms with van der Waals surface area (Å²) in [5.41, 5.74) is 0.903. The summed E-state index contributed by atoms with van der Waals surface area (Å²) < 4.78 is 4.98. The SMILES string of the molecule is COc1ccc(CNC(=O)[C@H](C)Sc2ccc([N+](=O)[O-])cc2)cn1. The third-order valence-corrected chi connectivity index (χ3v) is 4.32. The van der Waals surface area contributed by atoms with Crippen LogP contribution in [0.3, 0.4) is 0 Å². The molecule has 1 heterocycles. The maximum absolute atomic E-state index is 12.1. The number of carbonyl (C=O) groups excluding carboxylic acids is 1. The molecule has 2 aromatic rings. The van der Waals surface area contributed by atoms with E-state index < -0.39 is 4.92 Å². The van der Waals surface area contributed by atoms with Crippen LogP contribution in [0, 0.1) is 10.1 Å². The van der Waals surface area contributed by atoms with Crippen LogP contribution in [0.1, 0.15) is 12.5 Å². The number of nitro groups is 1. The molecule has 0 bridgehead atoms. The minimum atomic E-state index is -0.451. The van der Waals surface area contributed by atoms with Crippen LogP contribution in [0.25, 0.3) is 0 Å². The first-order valence-corrected chi connectivity index (χ1v) is 8.05. The summed E-state index contributed by atoms with van der Waals surface area (Å²) >= 11 is 1.34. The second-order valence-corrected chi connectivity index (χ2v) is 6.35. The van der Waals surface area contributed by atoms with Gasteiger partial charge in [-0.25, -0.2) is 4.98 Å². The first kappa shape index (κ1) is 17.7. The van der Waals surface area contributed by atoms with Crippen LogP contribution in [-0.2, 0) is 11.3 Å². The van der Waals surface area contributed by atoms with E-state index in [0.29, 0.717) is 12.4 Å². The molecule has 1 atom stereocenters. The van der Waals surface area contributed by atoms with Gasteiger partial charge in [0.05, 0.1) is 17.3 Å². The molecule has 126 valence electrons. The molecular formula is C16H17N3O4S. The van der Waals surface area contributed by atoms with Gasteiger partial charge in [-0.15, -0.1) is 11.8 Å². The lowest BCUT2D eigenvalue weighted by Crippen LogP contribution is -2.30. The summed E-state index contributed by atoms with van der Waals surface area (Å²) in [7, 11) is 1.54. The molecule has 1 aromatic carbocycles. The molecule has 7 nitrogen and oxygen atoms in total. The maximum Gasteiger partial charge on any atom is 0.269 e. The summed E-state index contributed by atoms with van der Waals surface area (Å²) in [6.45, 7) is 2.16. The van der Waals surface area contributed by atoms with E-state index in [-0.39, 0.29) is 16.8 Å². The van der Waals surface area contributed by atoms with Gasteiger partial charge >= 0.3 is 0 Å². The predicted molar refractivity (Wildman–Crippen MR) is 91.1 cm³/mol. The standard InChI is InChI=1S/C16H17N3O4S/c1-11(24-14-6-4-13(5-7-14)19(21)22)16(20)18-10-12-3-8-15(23-2)17-9-12/h3-9,11H,10H2,1-2H3,(H,18,20)/t11-/m0/s1. The van der Waals surface area contributed by atoms with Crippen molar-refractivity contribution in [3.8, 4) is 5.88 Å². The minimum absolute atomic E-state index is 0.0310. The number of aromatic nitrogens is 1. The molecule has 0 saturated carbocycles. The summed E-state index contributed by atoms with van der Waals surface area (Å²) in [6, 6.07) is 9.70. The van der Waals surface area contributed by atoms with Crippen molar-refractivity contribution in [2.24, 2.45) is 0 Å². The van der Waals surface area contributed by atoms with Crippen LogP contribution < -0.4 is 10.1 Å². The second-order valence-electron chi connectivity index (χ2n) is 4.94. The zero-order valence-corrected chi connectivity index (χ0v) is 14.1. The third-order valence-electron chi connectivity index (χ3n) is 3.20. The Labute approximate surface area is 143 Å². The topological polar surface area (TPSA) is 94.4 Å². The van der Waals surface area contributed by atoms with Crippen molar-refractivity contribution in [2.75, 3.05) is 7.11 Å². The molecule has 2 rings (SSSR count). The highest BCUT2D eigenvalue weighted by molar-refractivity contribution is 8.00. The summed E-state index contributed by atoms with van der Waals surface area (Å²) in [5, 5.41) is 13.1. The van der Waals surface area contributed by atoms with Gasteiger partial charge in [0.25, 0.3) is 5.69 Å². The van der Waals surface area contributed by atoms with Crippen LogP contribution in [0.5, 0.6) is 5.88 Å². The van der Waals surface area contributed by atoms with E-state index in [1.54, 1.807) is 38.4 Å². The van der Waals surface area contributed by atoms with Gasteiger partial charge in [0.1, 0.15) is 0 Å². The van der Waals surface area contributed by atoms with Crippen molar-refractivity contribution in [1.29, 1.82) is 0 Å². The predicted octanol–water partition coefficient (Wildman–Crippen LogP) is 2.80. The highest BCUT2D eigenvalue weighted by Crippen LogP contribution is 2.25. The summed E-state index contributed by atoms with van der Waals surface area (Å²) in [4.78, 5) is 27.2. The monoisotopic (exact) mass is 347 g/mol. The number of methoxy groups -OCH3 is 1. The van der Waals surface area contributed by atoms with Gasteiger partial charge < -0.3 is 10.1 Å². The van der Waals surface area contributed by atoms with Crippen LogP contribution in [0.4, 0.5) is 5.69 Å². The highest BCUT2D eigenvalue weighted by Gasteiger charge is 2.15. The van der Waals surface area contributed by atoms with Crippen molar-refractivity contribution in [3.63, 3.8) is 0 Å². The molecule has 0 aliphatic rings. The van der Waals surface area contributed by atoms with Crippen molar-refractivity contribution >= 4 is 23.4 Å². The highest BCUT2D eigenvalue weighted by atomic mass is 32.2. The number of pyridine rings is 1. The molecule has 0 spiro atoms. The van der Waals surface area contributed by atoms with Crippen molar-refractivity contribution < 1.29 is 14.5 Å². The van der Waals surface area contributed by atoms with Gasteiger partial charge in [0, 0.05) is 35.8 Å². The number of hydrogen-bond donors (Lipinski definition) is 1. The normalized spacial score (nSPS) is 11.6. The molecular weight excluding hydrogens is 330 g/mol. The Kier molecular flexibility index (Phi) is 6.14. The van der Waals surface area contributed by atoms with Crippen LogP contribution in [0.2, 0.25) is 0 Å². The average molecular weight is 347 g/mol. The van der Waals surface area contributed by atoms with E-state index >= 15 is 0 Å². The van der Waals surface area contributed by atoms with Crippen LogP contribution in [-0.4, -0.2) is 28.2 Å². The number of carbonyl (C=O) groups is 1. The van der Waals surface area contributed by atoms with E-state index in [4.69, 9.17) is 4.74 Å². The lowest BCUT2D eigenvalue weighted by Gasteiger charge is -2.12. The van der Waals surface area contributed by atoms with E-state index in [1.807, 2.05) is 6.07 Å². The Bertz CT molecular complexity index is 704. The molecule has 0 unspecified atom stereocenters. The Morgan fingerprint density at radius 2 is 2.04 bits per heavy atom. The van der Waals surface area contributed by atoms with Gasteiger partial charge in [-0.05, 0) is 24.6 Å². The largest absolute Gasteiger partial charge is 0.481 e. The Morgan fingerprint density at radius 3 is 2.58 bits per heavy atom. The number of nitrogens with zero attached hydrogens (tertiary/aromatic N) is 2. The molecule has 0 aliphatic carbocycles. The number of nitro benzene ring substituents is 1. The Balaban J connectivity index is 1.85. The molecule has 0 fully saturated rings. The zero-order chi connectivity index (χ0) is 17.5. The Hall–Kier alpha value is -2.61. The smallest absolute Gasteiger partial charge is 0.269 e. The van der Waals surface area contributed by atoms with Crippen molar-refractivity contribution in [3.05, 3.63) is 58.3 Å². The maximum atomic E-state index is 12.1. The summed E-state index contributed by atoms with van der Waals surface area (Å²) in [5.74, 6) is 0.404. The number of nitrogens with one attached hydrogen (secondary N) is 1. The minimum Gasteiger partial charge on any atom is -0.481 e. The van der Waals surface area contributed by atoms with Crippen molar-refractivity contribution in [2.45, 2.75) is 23.6 Å². The van der Waals surface area contributed by atoms with E-state index in [1.165, 1.54) is 23.9 Å². The molecule has 24 heavy (non-hydrogen) atoms. The number of benzene rings is 1. The van der Waals surface area contributed by atoms with Crippen molar-refractivity contribution in [1.82, 2.24) is 10.3 Å². The van der Waals surface area contributed by atoms with Gasteiger partial charge in [-0.1, -0.05) is 6.07 Å².